The van der Waals surface area contributed by atoms with Crippen molar-refractivity contribution in [3.63, 3.8) is 0 Å². The van der Waals surface area contributed by atoms with Crippen molar-refractivity contribution in [1.82, 2.24) is 5.32 Å². The summed E-state index contributed by atoms with van der Waals surface area (Å²) in [4.78, 5) is 11.2. The van der Waals surface area contributed by atoms with E-state index in [1.807, 2.05) is 0 Å². The first kappa shape index (κ1) is 17.7. The van der Waals surface area contributed by atoms with Crippen LogP contribution in [0.4, 0.5) is 18.9 Å². The number of carbonyl (C=O) groups excluding carboxylic acids is 1. The lowest BCUT2D eigenvalue weighted by atomic mass is 10.1. The Kier molecular flexibility index (Phi) is 5.69. The molecule has 4 N–H and O–H groups in total. The van der Waals surface area contributed by atoms with Gasteiger partial charge in [-0.1, -0.05) is 12.1 Å². The molecule has 1 amide bonds. The number of rotatable bonds is 5. The second kappa shape index (κ2) is 7.08. The van der Waals surface area contributed by atoms with E-state index in [0.717, 1.165) is 6.07 Å². The molecule has 1 aromatic rings. The Morgan fingerprint density at radius 2 is 1.86 bits per heavy atom. The van der Waals surface area contributed by atoms with Crippen LogP contribution in [0.25, 0.3) is 0 Å². The molecule has 22 heavy (non-hydrogen) atoms. The summed E-state index contributed by atoms with van der Waals surface area (Å²) < 4.78 is 38.8. The summed E-state index contributed by atoms with van der Waals surface area (Å²) in [6.07, 6.45) is -4.53. The Labute approximate surface area is 125 Å². The lowest BCUT2D eigenvalue weighted by Gasteiger charge is -2.17. The highest BCUT2D eigenvalue weighted by Gasteiger charge is 2.33. The van der Waals surface area contributed by atoms with Crippen LogP contribution in [0, 0.1) is 5.41 Å². The van der Waals surface area contributed by atoms with Crippen molar-refractivity contribution in [3.8, 4) is 0 Å². The Bertz CT molecular complexity index is 610. The van der Waals surface area contributed by atoms with Crippen molar-refractivity contribution < 1.29 is 23.1 Å². The zero-order valence-electron chi connectivity index (χ0n) is 12.0. The molecule has 0 saturated heterocycles. The molecule has 1 rings (SSSR count). The van der Waals surface area contributed by atoms with Crippen molar-refractivity contribution in [2.24, 2.45) is 0 Å². The van der Waals surface area contributed by atoms with Crippen molar-refractivity contribution in [1.29, 1.82) is 5.41 Å². The molecule has 0 aliphatic rings. The molecule has 120 valence electrons. The van der Waals surface area contributed by atoms with Gasteiger partial charge >= 0.3 is 6.18 Å². The zero-order valence-corrected chi connectivity index (χ0v) is 12.0. The van der Waals surface area contributed by atoms with Gasteiger partial charge in [0.05, 0.1) is 22.7 Å². The summed E-state index contributed by atoms with van der Waals surface area (Å²) in [6, 6.07) is 4.88. The number of aliphatic hydroxyl groups is 1. The largest absolute Gasteiger partial charge is 0.418 e. The number of aliphatic hydroxyl groups excluding tert-OH is 1. The molecule has 0 fully saturated rings. The molecule has 0 aliphatic heterocycles. The first-order valence-electron chi connectivity index (χ1n) is 6.27. The first-order valence-corrected chi connectivity index (χ1v) is 6.27. The molecule has 0 atom stereocenters. The number of para-hydroxylation sites is 1. The van der Waals surface area contributed by atoms with Crippen molar-refractivity contribution >= 4 is 17.3 Å². The van der Waals surface area contributed by atoms with Crippen LogP contribution < -0.4 is 10.6 Å². The number of anilines is 1. The Balaban J connectivity index is 3.18. The van der Waals surface area contributed by atoms with Gasteiger partial charge in [-0.3, -0.25) is 4.79 Å². The molecular formula is C14H16F3N3O2. The van der Waals surface area contributed by atoms with Gasteiger partial charge < -0.3 is 21.1 Å². The molecule has 0 heterocycles. The van der Waals surface area contributed by atoms with Crippen LogP contribution in [-0.4, -0.2) is 23.3 Å². The number of allylic oxidation sites excluding steroid dienone is 2. The minimum absolute atomic E-state index is 0.0102. The molecule has 0 spiro atoms. The molecule has 8 heteroatoms. The second-order valence-electron chi connectivity index (χ2n) is 4.50. The number of amides is 1. The molecule has 0 radical (unpaired) electrons. The highest BCUT2D eigenvalue weighted by Crippen LogP contribution is 2.35. The van der Waals surface area contributed by atoms with Gasteiger partial charge in [-0.2, -0.15) is 13.2 Å². The third kappa shape index (κ3) is 4.59. The van der Waals surface area contributed by atoms with Gasteiger partial charge in [-0.05, 0) is 26.0 Å². The fourth-order valence-electron chi connectivity index (χ4n) is 1.75. The highest BCUT2D eigenvalue weighted by atomic mass is 19.4. The summed E-state index contributed by atoms with van der Waals surface area (Å²) >= 11 is 0. The molecular weight excluding hydrogens is 299 g/mol. The van der Waals surface area contributed by atoms with Gasteiger partial charge in [0.15, 0.2) is 0 Å². The molecule has 5 nitrogen and oxygen atoms in total. The molecule has 0 unspecified atom stereocenters. The van der Waals surface area contributed by atoms with E-state index in [0.29, 0.717) is 0 Å². The van der Waals surface area contributed by atoms with Gasteiger partial charge in [0.1, 0.15) is 6.61 Å². The number of hydrogen-bond donors (Lipinski definition) is 4. The van der Waals surface area contributed by atoms with Gasteiger partial charge in [-0.25, -0.2) is 0 Å². The SMILES string of the molecule is CC(=N)/C(NC(=O)CO)=C(/C)Nc1ccccc1C(F)(F)F. The van der Waals surface area contributed by atoms with Crippen LogP contribution in [0.15, 0.2) is 35.7 Å². The monoisotopic (exact) mass is 315 g/mol. The lowest BCUT2D eigenvalue weighted by Crippen LogP contribution is -2.30. The number of nitrogens with one attached hydrogen (secondary N) is 3. The fourth-order valence-corrected chi connectivity index (χ4v) is 1.75. The van der Waals surface area contributed by atoms with Crippen LogP contribution >= 0.6 is 0 Å². The summed E-state index contributed by atoms with van der Waals surface area (Å²) in [5.41, 5.74) is -0.937. The van der Waals surface area contributed by atoms with Crippen molar-refractivity contribution in [3.05, 3.63) is 41.2 Å². The summed E-state index contributed by atoms with van der Waals surface area (Å²) in [7, 11) is 0. The minimum atomic E-state index is -4.53. The maximum atomic E-state index is 12.9. The number of alkyl halides is 3. The van der Waals surface area contributed by atoms with Gasteiger partial charge in [0, 0.05) is 5.70 Å². The number of carbonyl (C=O) groups is 1. The lowest BCUT2D eigenvalue weighted by molar-refractivity contribution is -0.137. The van der Waals surface area contributed by atoms with E-state index in [1.165, 1.54) is 32.0 Å². The second-order valence-corrected chi connectivity index (χ2v) is 4.50. The highest BCUT2D eigenvalue weighted by molar-refractivity contribution is 6.00. The zero-order chi connectivity index (χ0) is 16.9. The summed E-state index contributed by atoms with van der Waals surface area (Å²) in [5, 5.41) is 21.1. The smallest absolute Gasteiger partial charge is 0.387 e. The van der Waals surface area contributed by atoms with Crippen LogP contribution in [0.5, 0.6) is 0 Å². The van der Waals surface area contributed by atoms with E-state index in [2.05, 4.69) is 10.6 Å². The number of benzene rings is 1. The minimum Gasteiger partial charge on any atom is -0.387 e. The fraction of sp³-hybridized carbons (Fsp3) is 0.286. The average molecular weight is 315 g/mol. The molecule has 0 aromatic heterocycles. The van der Waals surface area contributed by atoms with E-state index < -0.39 is 24.3 Å². The average Bonchev–Trinajstić information content (AvgIpc) is 2.43. The quantitative estimate of drug-likeness (QED) is 0.630. The molecule has 1 aromatic carbocycles. The number of hydrogen-bond acceptors (Lipinski definition) is 4. The van der Waals surface area contributed by atoms with Crippen LogP contribution in [0.3, 0.4) is 0 Å². The van der Waals surface area contributed by atoms with Gasteiger partial charge in [-0.15, -0.1) is 0 Å². The van der Waals surface area contributed by atoms with E-state index in [4.69, 9.17) is 10.5 Å². The topological polar surface area (TPSA) is 85.2 Å². The Morgan fingerprint density at radius 3 is 2.36 bits per heavy atom. The summed E-state index contributed by atoms with van der Waals surface area (Å²) in [5.74, 6) is -0.758. The van der Waals surface area contributed by atoms with Crippen LogP contribution in [-0.2, 0) is 11.0 Å². The maximum Gasteiger partial charge on any atom is 0.418 e. The summed E-state index contributed by atoms with van der Waals surface area (Å²) in [6.45, 7) is 2.01. The molecule has 0 saturated carbocycles. The van der Waals surface area contributed by atoms with E-state index in [-0.39, 0.29) is 22.8 Å². The predicted molar refractivity (Wildman–Crippen MR) is 76.4 cm³/mol. The standard InChI is InChI=1S/C14H16F3N3O2/c1-8(18)13(20-12(22)7-21)9(2)19-11-6-4-3-5-10(11)14(15,16)17/h3-6,18-19,21H,7H2,1-2H3,(H,20,22)/b13-9+,18-8?. The van der Waals surface area contributed by atoms with Gasteiger partial charge in [0.2, 0.25) is 5.91 Å². The van der Waals surface area contributed by atoms with Crippen LogP contribution in [0.1, 0.15) is 19.4 Å². The van der Waals surface area contributed by atoms with E-state index in [9.17, 15) is 18.0 Å². The third-order valence-corrected chi connectivity index (χ3v) is 2.71. The van der Waals surface area contributed by atoms with Crippen molar-refractivity contribution in [2.75, 3.05) is 11.9 Å². The molecule has 0 bridgehead atoms. The maximum absolute atomic E-state index is 12.9. The van der Waals surface area contributed by atoms with Crippen molar-refractivity contribution in [2.45, 2.75) is 20.0 Å². The third-order valence-electron chi connectivity index (χ3n) is 2.71. The predicted octanol–water partition coefficient (Wildman–Crippen LogP) is 2.50. The Morgan fingerprint density at radius 1 is 1.27 bits per heavy atom. The first-order chi connectivity index (χ1) is 10.2. The van der Waals surface area contributed by atoms with E-state index >= 15 is 0 Å². The normalized spacial score (nSPS) is 12.5. The van der Waals surface area contributed by atoms with E-state index in [1.54, 1.807) is 0 Å². The Hall–Kier alpha value is -2.35. The van der Waals surface area contributed by atoms with Gasteiger partial charge in [0.25, 0.3) is 0 Å². The number of halogens is 3. The molecule has 0 aliphatic carbocycles. The van der Waals surface area contributed by atoms with Crippen LogP contribution in [0.2, 0.25) is 0 Å².